The van der Waals surface area contributed by atoms with Crippen LogP contribution >= 0.6 is 0 Å². The molecule has 5 heteroatoms. The van der Waals surface area contributed by atoms with Crippen molar-refractivity contribution in [3.05, 3.63) is 90.0 Å². The van der Waals surface area contributed by atoms with Crippen molar-refractivity contribution >= 4 is 5.91 Å². The fourth-order valence-corrected chi connectivity index (χ4v) is 2.62. The number of para-hydroxylation sites is 1. The summed E-state index contributed by atoms with van der Waals surface area (Å²) in [5, 5.41) is 0. The first-order chi connectivity index (χ1) is 12.7. The molecule has 26 heavy (non-hydrogen) atoms. The third-order valence-electron chi connectivity index (χ3n) is 4.29. The first-order valence-corrected chi connectivity index (χ1v) is 8.45. The Balaban J connectivity index is 1.77. The van der Waals surface area contributed by atoms with Gasteiger partial charge in [0.2, 0.25) is 0 Å². The molecule has 0 spiro atoms. The van der Waals surface area contributed by atoms with Crippen molar-refractivity contribution in [3.63, 3.8) is 0 Å². The molecule has 2 aromatic carbocycles. The van der Waals surface area contributed by atoms with Crippen molar-refractivity contribution in [2.75, 3.05) is 7.05 Å². The van der Waals surface area contributed by atoms with Gasteiger partial charge in [-0.25, -0.2) is 9.97 Å². The smallest absolute Gasteiger partial charge is 0.257 e. The number of hydrogen-bond donors (Lipinski definition) is 0. The Kier molecular flexibility index (Phi) is 5.59. The predicted molar refractivity (Wildman–Crippen MR) is 99.8 cm³/mol. The van der Waals surface area contributed by atoms with E-state index < -0.39 is 0 Å². The van der Waals surface area contributed by atoms with Crippen molar-refractivity contribution < 1.29 is 9.53 Å². The third-order valence-corrected chi connectivity index (χ3v) is 4.29. The third kappa shape index (κ3) is 4.06. The molecule has 0 radical (unpaired) electrons. The van der Waals surface area contributed by atoms with E-state index in [1.54, 1.807) is 24.2 Å². The van der Waals surface area contributed by atoms with Gasteiger partial charge < -0.3 is 9.64 Å². The highest BCUT2D eigenvalue weighted by molar-refractivity contribution is 5.97. The number of ether oxygens (including phenoxy) is 1. The van der Waals surface area contributed by atoms with Gasteiger partial charge in [-0.05, 0) is 30.7 Å². The summed E-state index contributed by atoms with van der Waals surface area (Å²) in [5.41, 5.74) is 2.38. The Hall–Kier alpha value is -3.21. The number of carbonyl (C=O) groups excluding carboxylic acids is 1. The first kappa shape index (κ1) is 17.6. The Bertz CT molecular complexity index is 853. The molecule has 3 aromatic rings. The van der Waals surface area contributed by atoms with Crippen LogP contribution in [0.15, 0.2) is 73.2 Å². The van der Waals surface area contributed by atoms with Crippen LogP contribution in [0.25, 0.3) is 0 Å². The van der Waals surface area contributed by atoms with Crippen molar-refractivity contribution in [2.45, 2.75) is 19.6 Å². The summed E-state index contributed by atoms with van der Waals surface area (Å²) in [6.07, 6.45) is 3.16. The fraction of sp³-hybridized carbons (Fsp3) is 0.190. The molecule has 0 bridgehead atoms. The van der Waals surface area contributed by atoms with E-state index in [1.165, 1.54) is 6.33 Å². The van der Waals surface area contributed by atoms with Crippen LogP contribution in [0.4, 0.5) is 0 Å². The molecule has 1 heterocycles. The van der Waals surface area contributed by atoms with Crippen LogP contribution in [0.2, 0.25) is 0 Å². The van der Waals surface area contributed by atoms with E-state index >= 15 is 0 Å². The lowest BCUT2D eigenvalue weighted by atomic mass is 10.1. The zero-order chi connectivity index (χ0) is 18.4. The van der Waals surface area contributed by atoms with E-state index in [4.69, 9.17) is 4.74 Å². The lowest BCUT2D eigenvalue weighted by Gasteiger charge is -2.25. The van der Waals surface area contributed by atoms with E-state index in [0.29, 0.717) is 17.9 Å². The first-order valence-electron chi connectivity index (χ1n) is 8.45. The molecule has 132 valence electrons. The van der Waals surface area contributed by atoms with Crippen LogP contribution in [0, 0.1) is 0 Å². The van der Waals surface area contributed by atoms with Gasteiger partial charge in [0.05, 0.1) is 17.3 Å². The summed E-state index contributed by atoms with van der Waals surface area (Å²) in [6.45, 7) is 2.35. The van der Waals surface area contributed by atoms with Crippen LogP contribution in [0.5, 0.6) is 5.75 Å². The number of nitrogens with zero attached hydrogens (tertiary/aromatic N) is 3. The Morgan fingerprint density at radius 3 is 2.54 bits per heavy atom. The molecular formula is C21H21N3O2. The minimum atomic E-state index is -0.173. The maximum absolute atomic E-state index is 13.0. The molecule has 0 N–H and O–H groups in total. The van der Waals surface area contributed by atoms with Crippen molar-refractivity contribution in [1.82, 2.24) is 14.9 Å². The van der Waals surface area contributed by atoms with E-state index in [-0.39, 0.29) is 11.9 Å². The second-order valence-electron chi connectivity index (χ2n) is 6.00. The van der Waals surface area contributed by atoms with Gasteiger partial charge >= 0.3 is 0 Å². The zero-order valence-corrected chi connectivity index (χ0v) is 14.9. The van der Waals surface area contributed by atoms with Gasteiger partial charge in [0.15, 0.2) is 0 Å². The molecule has 0 unspecified atom stereocenters. The lowest BCUT2D eigenvalue weighted by Crippen LogP contribution is -2.30. The van der Waals surface area contributed by atoms with Gasteiger partial charge in [-0.15, -0.1) is 0 Å². The van der Waals surface area contributed by atoms with Crippen LogP contribution < -0.4 is 4.74 Å². The molecule has 1 aromatic heterocycles. The molecule has 1 amide bonds. The van der Waals surface area contributed by atoms with Crippen molar-refractivity contribution in [1.29, 1.82) is 0 Å². The van der Waals surface area contributed by atoms with Gasteiger partial charge in [0, 0.05) is 13.2 Å². The van der Waals surface area contributed by atoms with Crippen LogP contribution in [0.1, 0.15) is 34.6 Å². The van der Waals surface area contributed by atoms with Gasteiger partial charge in [0.25, 0.3) is 5.91 Å². The standard InChI is InChI=1S/C21H21N3O2/c1-16(19-12-13-22-15-23-19)24(2)21(25)18-10-6-7-11-20(18)26-14-17-8-4-3-5-9-17/h3-13,15-16H,14H2,1-2H3/t16-/m0/s1. The maximum atomic E-state index is 13.0. The summed E-state index contributed by atoms with van der Waals surface area (Å²) in [4.78, 5) is 22.8. The molecule has 0 aliphatic rings. The van der Waals surface area contributed by atoms with Gasteiger partial charge in [-0.3, -0.25) is 4.79 Å². The molecule has 0 saturated carbocycles. The number of hydrogen-bond acceptors (Lipinski definition) is 4. The van der Waals surface area contributed by atoms with Crippen molar-refractivity contribution in [2.24, 2.45) is 0 Å². The van der Waals surface area contributed by atoms with Crippen molar-refractivity contribution in [3.8, 4) is 5.75 Å². The predicted octanol–water partition coefficient (Wildman–Crippen LogP) is 3.89. The topological polar surface area (TPSA) is 55.3 Å². The van der Waals surface area contributed by atoms with E-state index in [2.05, 4.69) is 9.97 Å². The molecular weight excluding hydrogens is 326 g/mol. The Labute approximate surface area is 153 Å². The minimum absolute atomic E-state index is 0.111. The van der Waals surface area contributed by atoms with Crippen LogP contribution in [0.3, 0.4) is 0 Å². The molecule has 5 nitrogen and oxygen atoms in total. The van der Waals surface area contributed by atoms with E-state index in [0.717, 1.165) is 11.3 Å². The number of benzene rings is 2. The quantitative estimate of drug-likeness (QED) is 0.679. The van der Waals surface area contributed by atoms with Gasteiger partial charge in [-0.1, -0.05) is 42.5 Å². The molecule has 0 aliphatic carbocycles. The number of amides is 1. The van der Waals surface area contributed by atoms with Gasteiger partial charge in [0.1, 0.15) is 18.7 Å². The summed E-state index contributed by atoms with van der Waals surface area (Å²) in [5.74, 6) is 0.461. The summed E-state index contributed by atoms with van der Waals surface area (Å²) in [7, 11) is 1.77. The maximum Gasteiger partial charge on any atom is 0.257 e. The summed E-state index contributed by atoms with van der Waals surface area (Å²) < 4.78 is 5.91. The summed E-state index contributed by atoms with van der Waals surface area (Å²) >= 11 is 0. The molecule has 0 aliphatic heterocycles. The Morgan fingerprint density at radius 1 is 1.08 bits per heavy atom. The molecule has 1 atom stereocenters. The highest BCUT2D eigenvalue weighted by atomic mass is 16.5. The highest BCUT2D eigenvalue weighted by Gasteiger charge is 2.22. The largest absolute Gasteiger partial charge is 0.488 e. The fourth-order valence-electron chi connectivity index (χ4n) is 2.62. The molecule has 0 fully saturated rings. The normalized spacial score (nSPS) is 11.6. The molecule has 0 saturated heterocycles. The lowest BCUT2D eigenvalue weighted by molar-refractivity contribution is 0.0734. The monoisotopic (exact) mass is 347 g/mol. The number of rotatable bonds is 6. The second kappa shape index (κ2) is 8.25. The Morgan fingerprint density at radius 2 is 1.81 bits per heavy atom. The number of aromatic nitrogens is 2. The molecule has 3 rings (SSSR count). The average molecular weight is 347 g/mol. The SMILES string of the molecule is C[C@@H](c1ccncn1)N(C)C(=O)c1ccccc1OCc1ccccc1. The zero-order valence-electron chi connectivity index (χ0n) is 14.9. The van der Waals surface area contributed by atoms with Crippen LogP contribution in [-0.2, 0) is 6.61 Å². The van der Waals surface area contributed by atoms with Crippen LogP contribution in [-0.4, -0.2) is 27.8 Å². The van der Waals surface area contributed by atoms with E-state index in [1.807, 2.05) is 61.5 Å². The summed E-state index contributed by atoms with van der Waals surface area (Å²) in [6, 6.07) is 18.8. The van der Waals surface area contributed by atoms with Gasteiger partial charge in [-0.2, -0.15) is 0 Å². The average Bonchev–Trinajstić information content (AvgIpc) is 2.72. The highest BCUT2D eigenvalue weighted by Crippen LogP contribution is 2.24. The van der Waals surface area contributed by atoms with E-state index in [9.17, 15) is 4.79 Å². The number of carbonyl (C=O) groups is 1. The second-order valence-corrected chi connectivity index (χ2v) is 6.00. The minimum Gasteiger partial charge on any atom is -0.488 e.